The molecule has 0 radical (unpaired) electrons. The zero-order chi connectivity index (χ0) is 11.1. The number of carbonyl (C=O) groups is 1. The lowest BCUT2D eigenvalue weighted by atomic mass is 10.2. The van der Waals surface area contributed by atoms with E-state index < -0.39 is 5.97 Å². The molecule has 0 saturated carbocycles. The Balaban J connectivity index is 2.31. The lowest BCUT2D eigenvalue weighted by molar-refractivity contribution is 0.0694. The molecule has 0 atom stereocenters. The van der Waals surface area contributed by atoms with Crippen molar-refractivity contribution in [3.05, 3.63) is 23.7 Å². The molecule has 0 aliphatic carbocycles. The highest BCUT2D eigenvalue weighted by atomic mass is 32.2. The number of carboxylic acids is 1. The van der Waals surface area contributed by atoms with Crippen LogP contribution in [0.2, 0.25) is 0 Å². The molecule has 4 nitrogen and oxygen atoms in total. The van der Waals surface area contributed by atoms with E-state index in [2.05, 4.69) is 11.6 Å². The van der Waals surface area contributed by atoms with Crippen molar-refractivity contribution in [1.29, 1.82) is 0 Å². The van der Waals surface area contributed by atoms with E-state index in [1.807, 2.05) is 0 Å². The van der Waals surface area contributed by atoms with Crippen molar-refractivity contribution >= 4 is 17.7 Å². The highest BCUT2D eigenvalue weighted by Gasteiger charge is 2.11. The maximum Gasteiger partial charge on any atom is 0.339 e. The largest absolute Gasteiger partial charge is 0.478 e. The van der Waals surface area contributed by atoms with Crippen LogP contribution in [0.25, 0.3) is 0 Å². The molecule has 0 bridgehead atoms. The Kier molecular flexibility index (Phi) is 5.28. The first-order valence-corrected chi connectivity index (χ1v) is 6.14. The normalized spacial score (nSPS) is 10.5. The van der Waals surface area contributed by atoms with E-state index in [1.54, 1.807) is 11.8 Å². The summed E-state index contributed by atoms with van der Waals surface area (Å²) < 4.78 is 5.08. The second-order valence-electron chi connectivity index (χ2n) is 3.09. The average molecular weight is 229 g/mol. The molecule has 0 spiro atoms. The number of hydrogen-bond donors (Lipinski definition) is 2. The average Bonchev–Trinajstić information content (AvgIpc) is 2.66. The third-order valence-corrected chi connectivity index (χ3v) is 2.66. The summed E-state index contributed by atoms with van der Waals surface area (Å²) >= 11 is 1.80. The fourth-order valence-corrected chi connectivity index (χ4v) is 1.64. The van der Waals surface area contributed by atoms with E-state index in [0.29, 0.717) is 12.3 Å². The minimum atomic E-state index is -0.940. The Labute approximate surface area is 93.0 Å². The van der Waals surface area contributed by atoms with Gasteiger partial charge in [0.25, 0.3) is 0 Å². The summed E-state index contributed by atoms with van der Waals surface area (Å²) in [4.78, 5) is 10.7. The van der Waals surface area contributed by atoms with Gasteiger partial charge in [-0.25, -0.2) is 4.79 Å². The molecule has 84 valence electrons. The van der Waals surface area contributed by atoms with E-state index >= 15 is 0 Å². The number of furan rings is 1. The summed E-state index contributed by atoms with van der Waals surface area (Å²) in [5.74, 6) is 0.660. The number of aromatic carboxylic acids is 1. The highest BCUT2D eigenvalue weighted by Crippen LogP contribution is 2.09. The summed E-state index contributed by atoms with van der Waals surface area (Å²) in [5, 5.41) is 12.0. The van der Waals surface area contributed by atoms with Gasteiger partial charge in [0.05, 0.1) is 12.8 Å². The van der Waals surface area contributed by atoms with Crippen LogP contribution in [-0.4, -0.2) is 29.6 Å². The standard InChI is InChI=1S/C10H15NO3S/c1-15-6-2-4-11-7-9-8(10(12)13)3-5-14-9/h3,5,11H,2,4,6-7H2,1H3,(H,12,13). The lowest BCUT2D eigenvalue weighted by Gasteiger charge is -2.02. The molecule has 1 heterocycles. The summed E-state index contributed by atoms with van der Waals surface area (Å²) in [7, 11) is 0. The van der Waals surface area contributed by atoms with Gasteiger partial charge in [0.15, 0.2) is 0 Å². The SMILES string of the molecule is CSCCCNCc1occc1C(=O)O. The van der Waals surface area contributed by atoms with Crippen LogP contribution >= 0.6 is 11.8 Å². The van der Waals surface area contributed by atoms with E-state index in [0.717, 1.165) is 18.7 Å². The zero-order valence-corrected chi connectivity index (χ0v) is 9.47. The van der Waals surface area contributed by atoms with Gasteiger partial charge in [-0.1, -0.05) is 0 Å². The molecule has 0 aliphatic heterocycles. The summed E-state index contributed by atoms with van der Waals surface area (Å²) in [6.45, 7) is 1.35. The number of rotatable bonds is 7. The second kappa shape index (κ2) is 6.53. The van der Waals surface area contributed by atoms with Crippen molar-refractivity contribution in [1.82, 2.24) is 5.32 Å². The predicted molar refractivity (Wildman–Crippen MR) is 60.4 cm³/mol. The van der Waals surface area contributed by atoms with Crippen molar-refractivity contribution in [2.75, 3.05) is 18.6 Å². The Bertz CT molecular complexity index is 311. The maximum absolute atomic E-state index is 10.7. The summed E-state index contributed by atoms with van der Waals surface area (Å²) in [6.07, 6.45) is 4.54. The topological polar surface area (TPSA) is 62.5 Å². The van der Waals surface area contributed by atoms with Crippen LogP contribution in [0.4, 0.5) is 0 Å². The van der Waals surface area contributed by atoms with Gasteiger partial charge < -0.3 is 14.8 Å². The molecular formula is C10H15NO3S. The number of nitrogens with one attached hydrogen (secondary N) is 1. The summed E-state index contributed by atoms with van der Waals surface area (Å²) in [5.41, 5.74) is 0.243. The van der Waals surface area contributed by atoms with Gasteiger partial charge in [-0.15, -0.1) is 0 Å². The number of thioether (sulfide) groups is 1. The van der Waals surface area contributed by atoms with Gasteiger partial charge in [-0.3, -0.25) is 0 Å². The number of hydrogen-bond acceptors (Lipinski definition) is 4. The zero-order valence-electron chi connectivity index (χ0n) is 8.66. The molecule has 0 aromatic carbocycles. The fraction of sp³-hybridized carbons (Fsp3) is 0.500. The Hall–Kier alpha value is -0.940. The van der Waals surface area contributed by atoms with E-state index in [-0.39, 0.29) is 5.56 Å². The van der Waals surface area contributed by atoms with Crippen LogP contribution in [0.1, 0.15) is 22.5 Å². The molecule has 0 amide bonds. The Morgan fingerprint density at radius 2 is 2.47 bits per heavy atom. The first-order valence-electron chi connectivity index (χ1n) is 4.75. The first kappa shape index (κ1) is 12.1. The van der Waals surface area contributed by atoms with Gasteiger partial charge in [0, 0.05) is 0 Å². The van der Waals surface area contributed by atoms with Gasteiger partial charge in [-0.2, -0.15) is 11.8 Å². The van der Waals surface area contributed by atoms with Gasteiger partial charge in [0.2, 0.25) is 0 Å². The van der Waals surface area contributed by atoms with Crippen LogP contribution in [-0.2, 0) is 6.54 Å². The second-order valence-corrected chi connectivity index (χ2v) is 4.07. The van der Waals surface area contributed by atoms with Gasteiger partial charge >= 0.3 is 5.97 Å². The Morgan fingerprint density at radius 3 is 3.13 bits per heavy atom. The van der Waals surface area contributed by atoms with Crippen molar-refractivity contribution in [2.45, 2.75) is 13.0 Å². The smallest absolute Gasteiger partial charge is 0.339 e. The van der Waals surface area contributed by atoms with E-state index in [1.165, 1.54) is 12.3 Å². The third-order valence-electron chi connectivity index (χ3n) is 1.96. The maximum atomic E-state index is 10.7. The molecule has 0 aliphatic rings. The molecule has 0 unspecified atom stereocenters. The molecule has 5 heteroatoms. The summed E-state index contributed by atoms with van der Waals surface area (Å²) in [6, 6.07) is 1.47. The van der Waals surface area contributed by atoms with Gasteiger partial charge in [0.1, 0.15) is 11.3 Å². The van der Waals surface area contributed by atoms with Crippen LogP contribution in [0.15, 0.2) is 16.7 Å². The minimum absolute atomic E-state index is 0.243. The monoisotopic (exact) mass is 229 g/mol. The molecule has 0 saturated heterocycles. The molecule has 1 aromatic heterocycles. The molecule has 0 fully saturated rings. The molecule has 2 N–H and O–H groups in total. The van der Waals surface area contributed by atoms with Crippen LogP contribution in [0, 0.1) is 0 Å². The van der Waals surface area contributed by atoms with Crippen LogP contribution in [0.3, 0.4) is 0 Å². The third kappa shape index (κ3) is 3.97. The predicted octanol–water partition coefficient (Wildman–Crippen LogP) is 1.82. The highest BCUT2D eigenvalue weighted by molar-refractivity contribution is 7.98. The molecule has 1 rings (SSSR count). The van der Waals surface area contributed by atoms with Crippen molar-refractivity contribution in [3.63, 3.8) is 0 Å². The van der Waals surface area contributed by atoms with E-state index in [9.17, 15) is 4.79 Å². The lowest BCUT2D eigenvalue weighted by Crippen LogP contribution is -2.16. The van der Waals surface area contributed by atoms with Crippen molar-refractivity contribution in [3.8, 4) is 0 Å². The fourth-order valence-electron chi connectivity index (χ4n) is 1.21. The first-order chi connectivity index (χ1) is 7.25. The minimum Gasteiger partial charge on any atom is -0.478 e. The molecule has 15 heavy (non-hydrogen) atoms. The van der Waals surface area contributed by atoms with Crippen LogP contribution < -0.4 is 5.32 Å². The van der Waals surface area contributed by atoms with Crippen LogP contribution in [0.5, 0.6) is 0 Å². The number of carboxylic acid groups (broad SMARTS) is 1. The van der Waals surface area contributed by atoms with Gasteiger partial charge in [-0.05, 0) is 31.0 Å². The Morgan fingerprint density at radius 1 is 1.67 bits per heavy atom. The van der Waals surface area contributed by atoms with Crippen molar-refractivity contribution in [2.24, 2.45) is 0 Å². The molecule has 1 aromatic rings. The van der Waals surface area contributed by atoms with Crippen molar-refractivity contribution < 1.29 is 14.3 Å². The van der Waals surface area contributed by atoms with E-state index in [4.69, 9.17) is 9.52 Å². The quantitative estimate of drug-likeness (QED) is 0.698. The molecular weight excluding hydrogens is 214 g/mol.